The second kappa shape index (κ2) is 4.57. The zero-order valence-electron chi connectivity index (χ0n) is 11.3. The van der Waals surface area contributed by atoms with Gasteiger partial charge in [0.15, 0.2) is 0 Å². The molecule has 0 aromatic carbocycles. The second-order valence-electron chi connectivity index (χ2n) is 4.99. The van der Waals surface area contributed by atoms with Crippen molar-refractivity contribution in [2.45, 2.75) is 43.6 Å². The molecule has 1 saturated carbocycles. The van der Waals surface area contributed by atoms with Crippen LogP contribution in [0.5, 0.6) is 0 Å². The molecular formula is C15H17N3S. The monoisotopic (exact) mass is 271 g/mol. The third-order valence-corrected chi connectivity index (χ3v) is 4.78. The molecule has 3 nitrogen and oxygen atoms in total. The molecule has 4 heteroatoms. The first kappa shape index (κ1) is 12.6. The van der Waals surface area contributed by atoms with Crippen LogP contribution in [0.25, 0.3) is 5.65 Å². The molecule has 0 radical (unpaired) electrons. The molecule has 3 rings (SSSR count). The van der Waals surface area contributed by atoms with Gasteiger partial charge in [0, 0.05) is 6.20 Å². The summed E-state index contributed by atoms with van der Waals surface area (Å²) in [6.45, 7) is 4.30. The van der Waals surface area contributed by atoms with Gasteiger partial charge in [0.05, 0.1) is 17.2 Å². The third-order valence-electron chi connectivity index (χ3n) is 3.78. The third kappa shape index (κ3) is 1.93. The van der Waals surface area contributed by atoms with Crippen LogP contribution in [0.3, 0.4) is 0 Å². The quantitative estimate of drug-likeness (QED) is 0.798. The van der Waals surface area contributed by atoms with E-state index in [0.29, 0.717) is 0 Å². The Morgan fingerprint density at radius 1 is 1.47 bits per heavy atom. The predicted octanol–water partition coefficient (Wildman–Crippen LogP) is 3.56. The molecule has 0 unspecified atom stereocenters. The molecular weight excluding hydrogens is 254 g/mol. The summed E-state index contributed by atoms with van der Waals surface area (Å²) in [7, 11) is 0. The Bertz CT molecular complexity index is 662. The minimum absolute atomic E-state index is 0.224. The van der Waals surface area contributed by atoms with Crippen molar-refractivity contribution in [2.75, 3.05) is 5.75 Å². The molecule has 0 atom stereocenters. The minimum Gasteiger partial charge on any atom is -0.294 e. The van der Waals surface area contributed by atoms with E-state index in [0.717, 1.165) is 41.9 Å². The Kier molecular flexibility index (Phi) is 3.02. The van der Waals surface area contributed by atoms with Crippen molar-refractivity contribution in [1.82, 2.24) is 9.38 Å². The summed E-state index contributed by atoms with van der Waals surface area (Å²) >= 11 is 1.83. The lowest BCUT2D eigenvalue weighted by molar-refractivity contribution is 0.895. The molecule has 0 spiro atoms. The lowest BCUT2D eigenvalue weighted by atomic mass is 9.99. The highest BCUT2D eigenvalue weighted by Crippen LogP contribution is 2.47. The highest BCUT2D eigenvalue weighted by atomic mass is 32.2. The van der Waals surface area contributed by atoms with Gasteiger partial charge in [0.1, 0.15) is 10.7 Å². The first-order chi connectivity index (χ1) is 9.24. The number of nitrogens with zero attached hydrogens (tertiary/aromatic N) is 3. The molecule has 0 amide bonds. The molecule has 1 aliphatic rings. The number of rotatable bonds is 4. The molecule has 2 aromatic rings. The van der Waals surface area contributed by atoms with Crippen LogP contribution in [0.2, 0.25) is 0 Å². The van der Waals surface area contributed by atoms with Crippen molar-refractivity contribution in [3.05, 3.63) is 29.6 Å². The van der Waals surface area contributed by atoms with Gasteiger partial charge < -0.3 is 0 Å². The Hall–Kier alpha value is -1.47. The summed E-state index contributed by atoms with van der Waals surface area (Å²) in [5.41, 5.74) is 3.04. The van der Waals surface area contributed by atoms with Gasteiger partial charge >= 0.3 is 0 Å². The number of imidazole rings is 1. The fourth-order valence-corrected chi connectivity index (χ4v) is 3.40. The van der Waals surface area contributed by atoms with E-state index in [4.69, 9.17) is 4.98 Å². The molecule has 0 aliphatic heterocycles. The Labute approximate surface area is 117 Å². The van der Waals surface area contributed by atoms with Crippen LogP contribution in [0.4, 0.5) is 0 Å². The molecule has 0 N–H and O–H groups in total. The van der Waals surface area contributed by atoms with E-state index in [1.807, 2.05) is 11.8 Å². The van der Waals surface area contributed by atoms with Crippen molar-refractivity contribution in [3.8, 4) is 6.07 Å². The van der Waals surface area contributed by atoms with Gasteiger partial charge in [-0.25, -0.2) is 4.98 Å². The summed E-state index contributed by atoms with van der Waals surface area (Å²) in [6, 6.07) is 6.63. The Morgan fingerprint density at radius 2 is 2.26 bits per heavy atom. The molecule has 19 heavy (non-hydrogen) atoms. The zero-order valence-corrected chi connectivity index (χ0v) is 12.1. The first-order valence-corrected chi connectivity index (χ1v) is 7.78. The van der Waals surface area contributed by atoms with Crippen LogP contribution in [-0.2, 0) is 11.8 Å². The standard InChI is InChI=1S/C15H17N3S/c1-3-12-14(19-4-2)18-8-5-11(9-13(18)17-12)15(10-16)6-7-15/h5,8-9H,3-4,6-7H2,1-2H3. The number of hydrogen-bond donors (Lipinski definition) is 0. The summed E-state index contributed by atoms with van der Waals surface area (Å²) in [5.74, 6) is 1.05. The van der Waals surface area contributed by atoms with Gasteiger partial charge in [-0.2, -0.15) is 5.26 Å². The van der Waals surface area contributed by atoms with Crippen molar-refractivity contribution < 1.29 is 0 Å². The van der Waals surface area contributed by atoms with Crippen molar-refractivity contribution in [2.24, 2.45) is 0 Å². The number of aryl methyl sites for hydroxylation is 1. The Morgan fingerprint density at radius 3 is 2.84 bits per heavy atom. The lowest BCUT2D eigenvalue weighted by Crippen LogP contribution is -2.03. The van der Waals surface area contributed by atoms with Crippen LogP contribution in [-0.4, -0.2) is 15.1 Å². The SMILES string of the molecule is CCSc1c(CC)nc2cc(C3(C#N)CC3)ccn12. The molecule has 1 aliphatic carbocycles. The number of pyridine rings is 1. The smallest absolute Gasteiger partial charge is 0.138 e. The van der Waals surface area contributed by atoms with Gasteiger partial charge in [-0.15, -0.1) is 11.8 Å². The van der Waals surface area contributed by atoms with E-state index < -0.39 is 0 Å². The normalized spacial score (nSPS) is 16.5. The molecule has 0 saturated heterocycles. The van der Waals surface area contributed by atoms with Crippen molar-refractivity contribution >= 4 is 17.4 Å². The van der Waals surface area contributed by atoms with Crippen LogP contribution in [0.1, 0.15) is 37.9 Å². The fraction of sp³-hybridized carbons (Fsp3) is 0.467. The molecule has 0 bridgehead atoms. The second-order valence-corrected chi connectivity index (χ2v) is 6.24. The first-order valence-electron chi connectivity index (χ1n) is 6.79. The average Bonchev–Trinajstić information content (AvgIpc) is 3.17. The van der Waals surface area contributed by atoms with E-state index in [1.165, 1.54) is 5.03 Å². The van der Waals surface area contributed by atoms with Crippen LogP contribution < -0.4 is 0 Å². The van der Waals surface area contributed by atoms with Gasteiger partial charge in [0.2, 0.25) is 0 Å². The maximum atomic E-state index is 9.29. The fourth-order valence-electron chi connectivity index (χ4n) is 2.48. The largest absolute Gasteiger partial charge is 0.294 e. The van der Waals surface area contributed by atoms with Crippen molar-refractivity contribution in [3.63, 3.8) is 0 Å². The summed E-state index contributed by atoms with van der Waals surface area (Å²) in [6.07, 6.45) is 4.99. The molecule has 98 valence electrons. The summed E-state index contributed by atoms with van der Waals surface area (Å²) in [4.78, 5) is 4.72. The number of hydrogen-bond acceptors (Lipinski definition) is 3. The molecule has 1 fully saturated rings. The van der Waals surface area contributed by atoms with E-state index >= 15 is 0 Å². The van der Waals surface area contributed by atoms with E-state index in [2.05, 4.69) is 42.6 Å². The Balaban J connectivity index is 2.12. The zero-order chi connectivity index (χ0) is 13.5. The van der Waals surface area contributed by atoms with E-state index in [9.17, 15) is 5.26 Å². The van der Waals surface area contributed by atoms with Crippen LogP contribution in [0, 0.1) is 11.3 Å². The predicted molar refractivity (Wildman–Crippen MR) is 77.5 cm³/mol. The van der Waals surface area contributed by atoms with Crippen LogP contribution in [0.15, 0.2) is 23.4 Å². The topological polar surface area (TPSA) is 41.1 Å². The van der Waals surface area contributed by atoms with Crippen molar-refractivity contribution in [1.29, 1.82) is 5.26 Å². The van der Waals surface area contributed by atoms with Crippen LogP contribution >= 0.6 is 11.8 Å². The number of nitriles is 1. The van der Waals surface area contributed by atoms with Gasteiger partial charge in [-0.1, -0.05) is 13.8 Å². The number of fused-ring (bicyclic) bond motifs is 1. The maximum Gasteiger partial charge on any atom is 0.138 e. The number of thioether (sulfide) groups is 1. The van der Waals surface area contributed by atoms with Gasteiger partial charge in [-0.05, 0) is 42.7 Å². The summed E-state index contributed by atoms with van der Waals surface area (Å²) in [5, 5.41) is 10.5. The minimum atomic E-state index is -0.224. The van der Waals surface area contributed by atoms with Gasteiger partial charge in [-0.3, -0.25) is 4.40 Å². The van der Waals surface area contributed by atoms with E-state index in [-0.39, 0.29) is 5.41 Å². The van der Waals surface area contributed by atoms with Gasteiger partial charge in [0.25, 0.3) is 0 Å². The maximum absolute atomic E-state index is 9.29. The highest BCUT2D eigenvalue weighted by Gasteiger charge is 2.45. The van der Waals surface area contributed by atoms with E-state index in [1.54, 1.807) is 0 Å². The average molecular weight is 271 g/mol. The highest BCUT2D eigenvalue weighted by molar-refractivity contribution is 7.99. The lowest BCUT2D eigenvalue weighted by Gasteiger charge is -2.07. The molecule has 2 heterocycles. The molecule has 2 aromatic heterocycles. The number of aromatic nitrogens is 2. The summed E-state index contributed by atoms with van der Waals surface area (Å²) < 4.78 is 2.16.